The van der Waals surface area contributed by atoms with Crippen molar-refractivity contribution in [3.8, 4) is 0 Å². The number of carbonyl (C=O) groups excluding carboxylic acids is 1. The van der Waals surface area contributed by atoms with Gasteiger partial charge in [-0.2, -0.15) is 0 Å². The van der Waals surface area contributed by atoms with E-state index in [-0.39, 0.29) is 17.7 Å². The summed E-state index contributed by atoms with van der Waals surface area (Å²) in [6, 6.07) is 3.18. The van der Waals surface area contributed by atoms with Crippen LogP contribution in [0.4, 0.5) is 10.1 Å². The van der Waals surface area contributed by atoms with E-state index in [1.54, 1.807) is 0 Å². The van der Waals surface area contributed by atoms with Gasteiger partial charge in [-0.15, -0.1) is 0 Å². The van der Waals surface area contributed by atoms with Crippen LogP contribution in [0.15, 0.2) is 18.2 Å². The predicted molar refractivity (Wildman–Crippen MR) is 81.4 cm³/mol. The molecule has 0 bridgehead atoms. The molecule has 22 heavy (non-hydrogen) atoms. The number of halogens is 1. The molecule has 0 unspecified atom stereocenters. The summed E-state index contributed by atoms with van der Waals surface area (Å²) in [6.07, 6.45) is 2.27. The van der Waals surface area contributed by atoms with Gasteiger partial charge < -0.3 is 15.5 Å². The number of anilines is 1. The van der Waals surface area contributed by atoms with E-state index in [1.165, 1.54) is 0 Å². The van der Waals surface area contributed by atoms with Gasteiger partial charge in [-0.25, -0.2) is 9.18 Å². The summed E-state index contributed by atoms with van der Waals surface area (Å²) in [5.41, 5.74) is -1.43. The molecule has 0 aliphatic rings. The Morgan fingerprint density at radius 2 is 1.82 bits per heavy atom. The van der Waals surface area contributed by atoms with Crippen LogP contribution in [0.3, 0.4) is 0 Å². The number of aliphatic hydroxyl groups is 1. The standard InChI is InChI=1S/C16H22FNO4/c1-3-7-16(22,8-4-2)10-14(19)18-13-9-11(15(20)21)5-6-12(13)17/h5-6,9,22H,3-4,7-8,10H2,1-2H3,(H,18,19)(H,20,21). The third kappa shape index (κ3) is 5.11. The molecule has 0 aliphatic heterocycles. The Morgan fingerprint density at radius 1 is 1.23 bits per heavy atom. The van der Waals surface area contributed by atoms with E-state index in [4.69, 9.17) is 5.11 Å². The van der Waals surface area contributed by atoms with E-state index >= 15 is 0 Å². The number of aromatic carboxylic acids is 1. The molecule has 1 rings (SSSR count). The fraction of sp³-hybridized carbons (Fsp3) is 0.500. The number of carboxylic acids is 1. The van der Waals surface area contributed by atoms with Crippen molar-refractivity contribution >= 4 is 17.6 Å². The number of benzene rings is 1. The normalized spacial score (nSPS) is 11.3. The Morgan fingerprint density at radius 3 is 2.32 bits per heavy atom. The van der Waals surface area contributed by atoms with Gasteiger partial charge in [-0.1, -0.05) is 26.7 Å². The van der Waals surface area contributed by atoms with Crippen LogP contribution in [0.1, 0.15) is 56.3 Å². The summed E-state index contributed by atoms with van der Waals surface area (Å²) in [7, 11) is 0. The van der Waals surface area contributed by atoms with E-state index in [1.807, 2.05) is 13.8 Å². The molecule has 6 heteroatoms. The van der Waals surface area contributed by atoms with Crippen LogP contribution >= 0.6 is 0 Å². The maximum absolute atomic E-state index is 13.7. The monoisotopic (exact) mass is 311 g/mol. The number of hydrogen-bond acceptors (Lipinski definition) is 3. The van der Waals surface area contributed by atoms with E-state index in [0.29, 0.717) is 12.8 Å². The molecular formula is C16H22FNO4. The van der Waals surface area contributed by atoms with Gasteiger partial charge in [0.05, 0.1) is 23.3 Å². The van der Waals surface area contributed by atoms with Gasteiger partial charge in [0.25, 0.3) is 0 Å². The minimum atomic E-state index is -1.20. The third-order valence-electron chi connectivity index (χ3n) is 3.41. The van der Waals surface area contributed by atoms with Gasteiger partial charge in [-0.05, 0) is 31.0 Å². The molecule has 0 atom stereocenters. The Labute approximate surface area is 129 Å². The first-order valence-corrected chi connectivity index (χ1v) is 7.36. The van der Waals surface area contributed by atoms with E-state index in [2.05, 4.69) is 5.32 Å². The molecule has 3 N–H and O–H groups in total. The van der Waals surface area contributed by atoms with Crippen molar-refractivity contribution in [2.45, 2.75) is 51.6 Å². The van der Waals surface area contributed by atoms with Gasteiger partial charge in [0.15, 0.2) is 0 Å². The average molecular weight is 311 g/mol. The lowest BCUT2D eigenvalue weighted by molar-refractivity contribution is -0.121. The summed E-state index contributed by atoms with van der Waals surface area (Å²) in [5.74, 6) is -2.46. The van der Waals surface area contributed by atoms with Crippen LogP contribution < -0.4 is 5.32 Å². The molecular weight excluding hydrogens is 289 g/mol. The van der Waals surface area contributed by atoms with E-state index in [0.717, 1.165) is 31.0 Å². The molecule has 0 aliphatic carbocycles. The molecule has 1 aromatic carbocycles. The Bertz CT molecular complexity index is 539. The Kier molecular flexibility index (Phi) is 6.49. The van der Waals surface area contributed by atoms with Crippen LogP contribution in [-0.2, 0) is 4.79 Å². The first kappa shape index (κ1) is 18.1. The van der Waals surface area contributed by atoms with E-state index < -0.39 is 23.3 Å². The second kappa shape index (κ2) is 7.89. The van der Waals surface area contributed by atoms with Crippen molar-refractivity contribution in [2.75, 3.05) is 5.32 Å². The second-order valence-electron chi connectivity index (χ2n) is 5.45. The van der Waals surface area contributed by atoms with Crippen molar-refractivity contribution < 1.29 is 24.2 Å². The molecule has 1 amide bonds. The molecule has 0 fully saturated rings. The van der Waals surface area contributed by atoms with Gasteiger partial charge in [-0.3, -0.25) is 4.79 Å². The van der Waals surface area contributed by atoms with Crippen LogP contribution in [-0.4, -0.2) is 27.7 Å². The van der Waals surface area contributed by atoms with Crippen molar-refractivity contribution in [1.29, 1.82) is 0 Å². The zero-order chi connectivity index (χ0) is 16.8. The van der Waals surface area contributed by atoms with Gasteiger partial charge in [0, 0.05) is 0 Å². The highest BCUT2D eigenvalue weighted by molar-refractivity contribution is 5.94. The molecule has 0 saturated carbocycles. The minimum Gasteiger partial charge on any atom is -0.478 e. The van der Waals surface area contributed by atoms with Crippen molar-refractivity contribution in [1.82, 2.24) is 0 Å². The smallest absolute Gasteiger partial charge is 0.335 e. The molecule has 0 heterocycles. The first-order valence-electron chi connectivity index (χ1n) is 7.36. The molecule has 0 aromatic heterocycles. The van der Waals surface area contributed by atoms with Crippen LogP contribution in [0.2, 0.25) is 0 Å². The first-order chi connectivity index (χ1) is 10.3. The lowest BCUT2D eigenvalue weighted by atomic mass is 9.89. The highest BCUT2D eigenvalue weighted by Gasteiger charge is 2.28. The third-order valence-corrected chi connectivity index (χ3v) is 3.41. The topological polar surface area (TPSA) is 86.6 Å². The zero-order valence-electron chi connectivity index (χ0n) is 12.9. The zero-order valence-corrected chi connectivity index (χ0v) is 12.9. The summed E-state index contributed by atoms with van der Waals surface area (Å²) >= 11 is 0. The number of rotatable bonds is 8. The van der Waals surface area contributed by atoms with E-state index in [9.17, 15) is 19.1 Å². The molecule has 1 aromatic rings. The highest BCUT2D eigenvalue weighted by atomic mass is 19.1. The Balaban J connectivity index is 2.83. The fourth-order valence-electron chi connectivity index (χ4n) is 2.48. The number of carboxylic acid groups (broad SMARTS) is 1. The summed E-state index contributed by atoms with van der Waals surface area (Å²) in [5, 5.41) is 21.6. The molecule has 0 saturated heterocycles. The molecule has 0 spiro atoms. The van der Waals surface area contributed by atoms with Crippen molar-refractivity contribution in [3.63, 3.8) is 0 Å². The van der Waals surface area contributed by atoms with Gasteiger partial charge in [0.1, 0.15) is 5.82 Å². The second-order valence-corrected chi connectivity index (χ2v) is 5.45. The van der Waals surface area contributed by atoms with Gasteiger partial charge >= 0.3 is 5.97 Å². The number of carbonyl (C=O) groups is 2. The average Bonchev–Trinajstić information content (AvgIpc) is 2.41. The van der Waals surface area contributed by atoms with Crippen molar-refractivity contribution in [3.05, 3.63) is 29.6 Å². The largest absolute Gasteiger partial charge is 0.478 e. The lowest BCUT2D eigenvalue weighted by Crippen LogP contribution is -2.34. The Hall–Kier alpha value is -1.95. The van der Waals surface area contributed by atoms with Crippen LogP contribution in [0, 0.1) is 5.82 Å². The summed E-state index contributed by atoms with van der Waals surface area (Å²) < 4.78 is 13.7. The number of amides is 1. The van der Waals surface area contributed by atoms with Crippen LogP contribution in [0.5, 0.6) is 0 Å². The van der Waals surface area contributed by atoms with Crippen LogP contribution in [0.25, 0.3) is 0 Å². The molecule has 122 valence electrons. The van der Waals surface area contributed by atoms with Gasteiger partial charge in [0.2, 0.25) is 5.91 Å². The summed E-state index contributed by atoms with van der Waals surface area (Å²) in [6.45, 7) is 3.82. The number of nitrogens with one attached hydrogen (secondary N) is 1. The fourth-order valence-corrected chi connectivity index (χ4v) is 2.48. The predicted octanol–water partition coefficient (Wildman–Crippen LogP) is 3.18. The molecule has 5 nitrogen and oxygen atoms in total. The SMILES string of the molecule is CCCC(O)(CCC)CC(=O)Nc1cc(C(=O)O)ccc1F. The lowest BCUT2D eigenvalue weighted by Gasteiger charge is -2.26. The maximum Gasteiger partial charge on any atom is 0.335 e. The summed E-state index contributed by atoms with van der Waals surface area (Å²) in [4.78, 5) is 22.9. The maximum atomic E-state index is 13.7. The van der Waals surface area contributed by atoms with Crippen molar-refractivity contribution in [2.24, 2.45) is 0 Å². The minimum absolute atomic E-state index is 0.117. The quantitative estimate of drug-likeness (QED) is 0.688. The number of hydrogen-bond donors (Lipinski definition) is 3. The highest BCUT2D eigenvalue weighted by Crippen LogP contribution is 2.25. The molecule has 0 radical (unpaired) electrons.